The van der Waals surface area contributed by atoms with Crippen LogP contribution in [-0.2, 0) is 0 Å². The van der Waals surface area contributed by atoms with Crippen LogP contribution in [0.15, 0.2) is 397 Å². The Bertz CT molecular complexity index is 7560. The minimum atomic E-state index is 0.430. The average molecular weight is 1480 g/mol. The lowest BCUT2D eigenvalue weighted by molar-refractivity contribution is 0.670. The third-order valence-corrected chi connectivity index (χ3v) is 22.2. The van der Waals surface area contributed by atoms with Crippen LogP contribution in [0.25, 0.3) is 211 Å². The molecule has 0 aliphatic heterocycles. The number of nitrogens with zero attached hydrogens (tertiary/aromatic N) is 8. The molecule has 0 radical (unpaired) electrons. The van der Waals surface area contributed by atoms with Crippen LogP contribution in [0.1, 0.15) is 11.1 Å². The molecule has 0 amide bonds. The van der Waals surface area contributed by atoms with Crippen LogP contribution in [0.2, 0.25) is 0 Å². The van der Waals surface area contributed by atoms with Gasteiger partial charge in [-0.2, -0.15) is 10.5 Å². The molecule has 16 aromatic carbocycles. The summed E-state index contributed by atoms with van der Waals surface area (Å²) in [6.45, 7) is 0. The summed E-state index contributed by atoms with van der Waals surface area (Å²) in [5.41, 5.74) is 26.2. The normalized spacial score (nSPS) is 11.4. The zero-order valence-electron chi connectivity index (χ0n) is 62.3. The van der Waals surface area contributed by atoms with Gasteiger partial charge in [-0.05, 0) is 94.0 Å². The maximum atomic E-state index is 10.7. The Labute approximate surface area is 666 Å². The van der Waals surface area contributed by atoms with Gasteiger partial charge in [0, 0.05) is 82.2 Å². The first-order valence-electron chi connectivity index (χ1n) is 38.6. The van der Waals surface area contributed by atoms with Crippen molar-refractivity contribution in [2.75, 3.05) is 0 Å². The van der Waals surface area contributed by atoms with E-state index in [0.717, 1.165) is 177 Å². The van der Waals surface area contributed by atoms with Crippen LogP contribution in [0.3, 0.4) is 0 Å². The maximum absolute atomic E-state index is 10.7. The molecule has 0 spiro atoms. The zero-order valence-corrected chi connectivity index (χ0v) is 62.3. The second-order valence-corrected chi connectivity index (χ2v) is 28.8. The van der Waals surface area contributed by atoms with E-state index in [4.69, 9.17) is 28.8 Å². The number of aromatic nitrogens is 6. The number of para-hydroxylation sites is 4. The van der Waals surface area contributed by atoms with Crippen LogP contribution in [-0.4, -0.2) is 29.1 Å². The van der Waals surface area contributed by atoms with Gasteiger partial charge in [0.15, 0.2) is 11.6 Å². The second kappa shape index (κ2) is 28.6. The molecule has 0 fully saturated rings. The summed E-state index contributed by atoms with van der Waals surface area (Å²) >= 11 is 0. The van der Waals surface area contributed by atoms with E-state index in [9.17, 15) is 10.5 Å². The van der Waals surface area contributed by atoms with Gasteiger partial charge < -0.3 is 18.0 Å². The fourth-order valence-electron chi connectivity index (χ4n) is 16.8. The van der Waals surface area contributed by atoms with Crippen LogP contribution >= 0.6 is 0 Å². The Morgan fingerprint density at radius 3 is 1.04 bits per heavy atom. The van der Waals surface area contributed by atoms with Crippen molar-refractivity contribution in [2.45, 2.75) is 0 Å². The number of nitriles is 2. The number of rotatable bonds is 12. The maximum Gasteiger partial charge on any atom is 0.162 e. The van der Waals surface area contributed by atoms with Crippen molar-refractivity contribution in [1.29, 1.82) is 10.5 Å². The van der Waals surface area contributed by atoms with E-state index in [1.807, 2.05) is 146 Å². The van der Waals surface area contributed by atoms with Crippen LogP contribution in [0.5, 0.6) is 0 Å². The van der Waals surface area contributed by atoms with Gasteiger partial charge in [-0.1, -0.05) is 328 Å². The largest absolute Gasteiger partial charge is 0.455 e. The molecule has 0 unspecified atom stereocenters. The lowest BCUT2D eigenvalue weighted by atomic mass is 9.98. The highest BCUT2D eigenvalue weighted by Crippen LogP contribution is 2.48. The number of hydrogen-bond acceptors (Lipinski definition) is 8. The lowest BCUT2D eigenvalue weighted by Crippen LogP contribution is -2.04. The minimum absolute atomic E-state index is 0.430. The molecule has 22 rings (SSSR count). The minimum Gasteiger partial charge on any atom is -0.455 e. The van der Waals surface area contributed by atoms with Gasteiger partial charge in [0.25, 0.3) is 0 Å². The summed E-state index contributed by atoms with van der Waals surface area (Å²) in [4.78, 5) is 21.2. The predicted molar refractivity (Wildman–Crippen MR) is 471 cm³/mol. The molecular formula is C106H64N8O2. The van der Waals surface area contributed by atoms with Crippen molar-refractivity contribution in [1.82, 2.24) is 29.1 Å². The highest BCUT2D eigenvalue weighted by atomic mass is 16.3. The predicted octanol–water partition coefficient (Wildman–Crippen LogP) is 27.4. The molecule has 22 aromatic rings. The van der Waals surface area contributed by atoms with Crippen molar-refractivity contribution in [3.05, 3.63) is 399 Å². The first kappa shape index (κ1) is 67.9. The van der Waals surface area contributed by atoms with Crippen molar-refractivity contribution >= 4 is 87.5 Å². The van der Waals surface area contributed by atoms with E-state index in [-0.39, 0.29) is 0 Å². The van der Waals surface area contributed by atoms with Crippen LogP contribution < -0.4 is 0 Å². The third kappa shape index (κ3) is 11.6. The monoisotopic (exact) mass is 1480 g/mol. The van der Waals surface area contributed by atoms with Crippen LogP contribution in [0.4, 0.5) is 0 Å². The molecule has 0 saturated heterocycles. The zero-order chi connectivity index (χ0) is 77.2. The summed E-state index contributed by atoms with van der Waals surface area (Å²) in [7, 11) is 0. The van der Waals surface area contributed by atoms with Gasteiger partial charge in [-0.25, -0.2) is 19.9 Å². The van der Waals surface area contributed by atoms with E-state index < -0.39 is 0 Å². The van der Waals surface area contributed by atoms with Gasteiger partial charge in [-0.15, -0.1) is 0 Å². The molecular weight excluding hydrogens is 1420 g/mol. The molecule has 10 nitrogen and oxygen atoms in total. The molecule has 540 valence electrons. The third-order valence-electron chi connectivity index (χ3n) is 22.2. The highest BCUT2D eigenvalue weighted by molar-refractivity contribution is 6.26. The topological polar surface area (TPSA) is 135 Å². The van der Waals surface area contributed by atoms with Gasteiger partial charge >= 0.3 is 0 Å². The molecule has 0 N–H and O–H groups in total. The molecule has 0 bridgehead atoms. The molecule has 0 saturated carbocycles. The number of hydrogen-bond donors (Lipinski definition) is 0. The SMILES string of the molecule is N#Cc1c(-c2ccccc2)nc(-c2cc(-c3ccccc3)ccc2-n2c3ccccc3c3cc4oc5c(-c6ccccc6)cccc5c4cc32)nc1-c1ccccc1.N#Cc1c(-c2ccccc2)nc(-c2cc(-c3ccccc3)ccc2-n2c3ccccc3c3ccc4oc5c(-c6ccccc6)cccc5c4c32)nc1-c1ccccc1. The highest BCUT2D eigenvalue weighted by Gasteiger charge is 2.28. The molecule has 10 heteroatoms. The van der Waals surface area contributed by atoms with Crippen molar-refractivity contribution < 1.29 is 8.83 Å². The molecule has 0 atom stereocenters. The van der Waals surface area contributed by atoms with Gasteiger partial charge in [0.05, 0.1) is 61.6 Å². The second-order valence-electron chi connectivity index (χ2n) is 28.8. The fraction of sp³-hybridized carbons (Fsp3) is 0. The summed E-state index contributed by atoms with van der Waals surface area (Å²) < 4.78 is 18.2. The Kier molecular flexibility index (Phi) is 16.8. The van der Waals surface area contributed by atoms with E-state index in [2.05, 4.69) is 264 Å². The standard InChI is InChI=1S/2C53H32N4O/c54-33-44-49(36-20-9-3-10-21-36)55-53(56-50(44)37-22-11-4-12-23-37)43-32-38(34-16-5-1-6-17-34)28-30-46(43)57-45-27-14-13-24-40(45)41-29-31-47-48(51(41)57)42-26-15-25-39(52(42)58-47)35-18-7-2-8-19-35;54-33-45-50(36-20-9-3-10-21-36)55-53(56-51(45)37-22-11-4-12-23-37)44-30-38(34-16-5-1-6-17-34)28-29-47(44)57-46-27-14-13-24-40(46)42-32-49-43(31-48(42)57)41-26-15-25-39(52(41)58-49)35-18-7-2-8-19-35/h2*1-32H. The summed E-state index contributed by atoms with van der Waals surface area (Å²) in [6, 6.07) is 138. The van der Waals surface area contributed by atoms with E-state index in [1.165, 1.54) is 0 Å². The smallest absolute Gasteiger partial charge is 0.162 e. The molecule has 6 heterocycles. The van der Waals surface area contributed by atoms with Gasteiger partial charge in [0.1, 0.15) is 45.6 Å². The Balaban J connectivity index is 0.000000145. The van der Waals surface area contributed by atoms with Crippen molar-refractivity contribution in [3.63, 3.8) is 0 Å². The Morgan fingerprint density at radius 2 is 0.595 bits per heavy atom. The fourth-order valence-corrected chi connectivity index (χ4v) is 16.8. The summed E-state index contributed by atoms with van der Waals surface area (Å²) in [5.74, 6) is 1.05. The number of fused-ring (bicyclic) bond motifs is 13. The molecule has 0 aliphatic rings. The van der Waals surface area contributed by atoms with Gasteiger partial charge in [-0.3, -0.25) is 0 Å². The Hall–Kier alpha value is -16.1. The summed E-state index contributed by atoms with van der Waals surface area (Å²) in [6.07, 6.45) is 0. The van der Waals surface area contributed by atoms with Crippen molar-refractivity contribution in [2.24, 2.45) is 0 Å². The average Bonchev–Trinajstić information content (AvgIpc) is 1.55. The van der Waals surface area contributed by atoms with E-state index >= 15 is 0 Å². The number of furan rings is 2. The quantitative estimate of drug-likeness (QED) is 0.118. The lowest BCUT2D eigenvalue weighted by Gasteiger charge is -2.18. The number of benzene rings is 16. The molecule has 6 aromatic heterocycles. The van der Waals surface area contributed by atoms with Gasteiger partial charge in [0.2, 0.25) is 0 Å². The van der Waals surface area contributed by atoms with E-state index in [0.29, 0.717) is 45.6 Å². The van der Waals surface area contributed by atoms with Crippen molar-refractivity contribution in [3.8, 4) is 136 Å². The van der Waals surface area contributed by atoms with Crippen LogP contribution in [0, 0.1) is 22.7 Å². The molecule has 116 heavy (non-hydrogen) atoms. The first-order chi connectivity index (χ1) is 57.5. The first-order valence-corrected chi connectivity index (χ1v) is 38.6. The Morgan fingerprint density at radius 1 is 0.233 bits per heavy atom. The molecule has 0 aliphatic carbocycles. The van der Waals surface area contributed by atoms with E-state index in [1.54, 1.807) is 0 Å². The summed E-state index contributed by atoms with van der Waals surface area (Å²) in [5, 5.41) is 30.0.